The molecule has 2 aliphatic carbocycles. The molecule has 1 fully saturated rings. The lowest BCUT2D eigenvalue weighted by molar-refractivity contribution is 0.248. The van der Waals surface area contributed by atoms with E-state index in [-0.39, 0.29) is 12.1 Å². The first kappa shape index (κ1) is 22.3. The molecule has 0 spiro atoms. The van der Waals surface area contributed by atoms with E-state index in [1.54, 1.807) is 4.90 Å². The summed E-state index contributed by atoms with van der Waals surface area (Å²) in [7, 11) is 4.09. The van der Waals surface area contributed by atoms with Gasteiger partial charge in [0.1, 0.15) is 5.82 Å². The van der Waals surface area contributed by atoms with E-state index in [1.165, 1.54) is 24.1 Å². The number of aryl methyl sites for hydroxylation is 1. The Morgan fingerprint density at radius 3 is 2.38 bits per heavy atom. The first-order chi connectivity index (χ1) is 15.5. The van der Waals surface area contributed by atoms with E-state index in [1.807, 2.05) is 38.4 Å². The van der Waals surface area contributed by atoms with Crippen LogP contribution in [-0.2, 0) is 19.4 Å². The van der Waals surface area contributed by atoms with Gasteiger partial charge >= 0.3 is 6.03 Å². The summed E-state index contributed by atoms with van der Waals surface area (Å²) < 4.78 is 0. The molecule has 0 aliphatic heterocycles. The van der Waals surface area contributed by atoms with Gasteiger partial charge in [-0.05, 0) is 69.1 Å². The van der Waals surface area contributed by atoms with Crippen molar-refractivity contribution >= 4 is 23.5 Å². The Hall–Kier alpha value is -2.87. The summed E-state index contributed by atoms with van der Waals surface area (Å²) in [5.41, 5.74) is 15.8. The lowest BCUT2D eigenvalue weighted by Crippen LogP contribution is -2.46. The highest BCUT2D eigenvalue weighted by atomic mass is 16.2. The van der Waals surface area contributed by atoms with Gasteiger partial charge in [0.25, 0.3) is 0 Å². The highest BCUT2D eigenvalue weighted by molar-refractivity contribution is 5.91. The Balaban J connectivity index is 1.43. The Bertz CT molecular complexity index is 936. The van der Waals surface area contributed by atoms with Crippen LogP contribution in [0, 0.1) is 0 Å². The maximum atomic E-state index is 12.2. The number of nitrogens with one attached hydrogen (secondary N) is 1. The van der Waals surface area contributed by atoms with E-state index >= 15 is 0 Å². The highest BCUT2D eigenvalue weighted by Crippen LogP contribution is 2.31. The minimum absolute atomic E-state index is 0.0936. The fourth-order valence-corrected chi connectivity index (χ4v) is 4.98. The fourth-order valence-electron chi connectivity index (χ4n) is 4.98. The summed E-state index contributed by atoms with van der Waals surface area (Å²) in [6.07, 6.45) is 8.12. The third-order valence-electron chi connectivity index (χ3n) is 6.67. The molecule has 1 aromatic heterocycles. The monoisotopic (exact) mass is 437 g/mol. The van der Waals surface area contributed by atoms with Gasteiger partial charge in [0, 0.05) is 44.0 Å². The molecule has 1 saturated carbocycles. The number of rotatable bonds is 6. The van der Waals surface area contributed by atoms with Crippen molar-refractivity contribution in [1.82, 2.24) is 9.97 Å². The minimum Gasteiger partial charge on any atom is -0.362 e. The van der Waals surface area contributed by atoms with E-state index in [4.69, 9.17) is 21.4 Å². The fraction of sp³-hybridized carbons (Fsp3) is 0.542. The molecule has 8 nitrogen and oxygen atoms in total. The molecule has 4 rings (SSSR count). The van der Waals surface area contributed by atoms with Crippen molar-refractivity contribution < 1.29 is 4.79 Å². The van der Waals surface area contributed by atoms with E-state index < -0.39 is 6.03 Å². The van der Waals surface area contributed by atoms with Gasteiger partial charge < -0.3 is 21.7 Å². The van der Waals surface area contributed by atoms with E-state index in [9.17, 15) is 4.79 Å². The predicted octanol–water partition coefficient (Wildman–Crippen LogP) is 3.19. The minimum atomic E-state index is -0.407. The smallest absolute Gasteiger partial charge is 0.319 e. The Kier molecular flexibility index (Phi) is 6.79. The molecule has 5 N–H and O–H groups in total. The molecular formula is C24H35N7O. The number of nitrogens with zero attached hydrogens (tertiary/aromatic N) is 4. The SMILES string of the molecule is CN(C)c1nc(NC2CCC(N(C(N)=O)c3ccc(CN)cc3)CC2)nc2c1CCCC2. The second-order valence-electron chi connectivity index (χ2n) is 9.13. The largest absolute Gasteiger partial charge is 0.362 e. The molecule has 172 valence electrons. The molecule has 0 radical (unpaired) electrons. The number of benzene rings is 1. The van der Waals surface area contributed by atoms with Gasteiger partial charge in [-0.2, -0.15) is 4.98 Å². The lowest BCUT2D eigenvalue weighted by Gasteiger charge is -2.36. The molecule has 0 unspecified atom stereocenters. The molecule has 1 aromatic carbocycles. The Labute approximate surface area is 190 Å². The summed E-state index contributed by atoms with van der Waals surface area (Å²) >= 11 is 0. The summed E-state index contributed by atoms with van der Waals surface area (Å²) in [5, 5.41) is 3.57. The third-order valence-corrected chi connectivity index (χ3v) is 6.67. The van der Waals surface area contributed by atoms with Crippen LogP contribution in [0.25, 0.3) is 0 Å². The number of hydrogen-bond donors (Lipinski definition) is 3. The first-order valence-electron chi connectivity index (χ1n) is 11.7. The first-order valence-corrected chi connectivity index (χ1v) is 11.7. The number of urea groups is 1. The number of primary amides is 1. The predicted molar refractivity (Wildman–Crippen MR) is 129 cm³/mol. The van der Waals surface area contributed by atoms with Gasteiger partial charge in [-0.3, -0.25) is 4.90 Å². The number of fused-ring (bicyclic) bond motifs is 1. The number of nitrogens with two attached hydrogens (primary N) is 2. The van der Waals surface area contributed by atoms with Crippen molar-refractivity contribution in [3.05, 3.63) is 41.1 Å². The van der Waals surface area contributed by atoms with Gasteiger partial charge in [0.15, 0.2) is 0 Å². The zero-order chi connectivity index (χ0) is 22.7. The molecule has 0 saturated heterocycles. The number of anilines is 3. The standard InChI is InChI=1S/C24H35N7O/c1-30(2)22-20-5-3-4-6-21(20)28-24(29-22)27-17-9-13-19(14-10-17)31(23(26)32)18-11-7-16(15-25)8-12-18/h7-8,11-12,17,19H,3-6,9-10,13-15,25H2,1-2H3,(H2,26,32)(H,27,28,29). The summed E-state index contributed by atoms with van der Waals surface area (Å²) in [6, 6.07) is 7.74. The Morgan fingerprint density at radius 1 is 1.06 bits per heavy atom. The highest BCUT2D eigenvalue weighted by Gasteiger charge is 2.30. The molecule has 2 aromatic rings. The van der Waals surface area contributed by atoms with Gasteiger partial charge in [0.2, 0.25) is 5.95 Å². The zero-order valence-corrected chi connectivity index (χ0v) is 19.2. The summed E-state index contributed by atoms with van der Waals surface area (Å²) in [6.45, 7) is 0.480. The van der Waals surface area contributed by atoms with Gasteiger partial charge in [-0.25, -0.2) is 9.78 Å². The lowest BCUT2D eigenvalue weighted by atomic mass is 9.90. The summed E-state index contributed by atoms with van der Waals surface area (Å²) in [4.78, 5) is 25.8. The summed E-state index contributed by atoms with van der Waals surface area (Å²) in [5.74, 6) is 1.76. The van der Waals surface area contributed by atoms with Crippen LogP contribution >= 0.6 is 0 Å². The maximum Gasteiger partial charge on any atom is 0.319 e. The molecular weight excluding hydrogens is 402 g/mol. The van der Waals surface area contributed by atoms with Crippen LogP contribution in [0.3, 0.4) is 0 Å². The van der Waals surface area contributed by atoms with E-state index in [2.05, 4.69) is 10.2 Å². The van der Waals surface area contributed by atoms with Crippen LogP contribution in [-0.4, -0.2) is 42.2 Å². The van der Waals surface area contributed by atoms with Crippen LogP contribution in [0.5, 0.6) is 0 Å². The van der Waals surface area contributed by atoms with Crippen molar-refractivity contribution in [2.75, 3.05) is 29.2 Å². The van der Waals surface area contributed by atoms with Gasteiger partial charge in [-0.1, -0.05) is 12.1 Å². The molecule has 2 aliphatic rings. The quantitative estimate of drug-likeness (QED) is 0.640. The molecule has 32 heavy (non-hydrogen) atoms. The number of carbonyl (C=O) groups is 1. The average Bonchev–Trinajstić information content (AvgIpc) is 2.80. The molecule has 0 bridgehead atoms. The van der Waals surface area contributed by atoms with Crippen molar-refractivity contribution in [2.45, 2.75) is 70.0 Å². The van der Waals surface area contributed by atoms with Crippen molar-refractivity contribution in [3.63, 3.8) is 0 Å². The number of carbonyl (C=O) groups excluding carboxylic acids is 1. The topological polar surface area (TPSA) is 113 Å². The number of aromatic nitrogens is 2. The van der Waals surface area contributed by atoms with Crippen LogP contribution in [0.15, 0.2) is 24.3 Å². The van der Waals surface area contributed by atoms with E-state index in [0.29, 0.717) is 6.54 Å². The number of amides is 2. The Morgan fingerprint density at radius 2 is 1.75 bits per heavy atom. The molecule has 2 amide bonds. The van der Waals surface area contributed by atoms with Crippen LogP contribution in [0.4, 0.5) is 22.2 Å². The second kappa shape index (κ2) is 9.73. The van der Waals surface area contributed by atoms with Crippen molar-refractivity contribution in [3.8, 4) is 0 Å². The van der Waals surface area contributed by atoms with Crippen LogP contribution < -0.4 is 26.6 Å². The van der Waals surface area contributed by atoms with E-state index in [0.717, 1.165) is 61.5 Å². The molecule has 1 heterocycles. The zero-order valence-electron chi connectivity index (χ0n) is 19.2. The number of hydrogen-bond acceptors (Lipinski definition) is 6. The van der Waals surface area contributed by atoms with Crippen molar-refractivity contribution in [1.29, 1.82) is 0 Å². The van der Waals surface area contributed by atoms with Gasteiger partial charge in [0.05, 0.1) is 5.69 Å². The van der Waals surface area contributed by atoms with Crippen LogP contribution in [0.2, 0.25) is 0 Å². The van der Waals surface area contributed by atoms with Crippen LogP contribution in [0.1, 0.15) is 55.3 Å². The average molecular weight is 438 g/mol. The maximum absolute atomic E-state index is 12.2. The van der Waals surface area contributed by atoms with Gasteiger partial charge in [-0.15, -0.1) is 0 Å². The molecule has 0 atom stereocenters. The normalized spacial score (nSPS) is 20.3. The molecule has 8 heteroatoms. The second-order valence-corrected chi connectivity index (χ2v) is 9.13. The van der Waals surface area contributed by atoms with Crippen molar-refractivity contribution in [2.24, 2.45) is 11.5 Å². The third kappa shape index (κ3) is 4.80.